The highest BCUT2D eigenvalue weighted by molar-refractivity contribution is 5.75. The van der Waals surface area contributed by atoms with Crippen molar-refractivity contribution in [3.8, 4) is 0 Å². The fraction of sp³-hybridized carbons (Fsp3) is 0.286. The molecule has 2 N–H and O–H groups in total. The third-order valence-corrected chi connectivity index (χ3v) is 1.70. The van der Waals surface area contributed by atoms with Crippen LogP contribution >= 0.6 is 0 Å². The number of carbonyl (C=O) groups excluding carboxylic acids is 1. The van der Waals surface area contributed by atoms with E-state index in [1.165, 1.54) is 4.68 Å². The molecule has 1 aromatic rings. The van der Waals surface area contributed by atoms with Crippen molar-refractivity contribution in [2.45, 2.75) is 13.8 Å². The van der Waals surface area contributed by atoms with E-state index < -0.39 is 0 Å². The number of nitrogen functional groups attached to an aromatic ring is 1. The molecule has 0 saturated heterocycles. The molecule has 3 nitrogen and oxygen atoms in total. The Labute approximate surface area is 59.4 Å². The van der Waals surface area contributed by atoms with Gasteiger partial charge in [-0.3, -0.25) is 9.47 Å². The topological polar surface area (TPSA) is 48.0 Å². The predicted molar refractivity (Wildman–Crippen MR) is 39.4 cm³/mol. The summed E-state index contributed by atoms with van der Waals surface area (Å²) in [4.78, 5) is 10.4. The molecule has 0 bridgehead atoms. The maximum atomic E-state index is 10.4. The average Bonchev–Trinajstić information content (AvgIpc) is 2.09. The van der Waals surface area contributed by atoms with Gasteiger partial charge in [0, 0.05) is 6.20 Å². The molecule has 0 amide bonds. The lowest BCUT2D eigenvalue weighted by Crippen LogP contribution is -2.10. The van der Waals surface area contributed by atoms with Crippen LogP contribution in [-0.4, -0.2) is 11.0 Å². The van der Waals surface area contributed by atoms with E-state index in [0.29, 0.717) is 5.69 Å². The van der Waals surface area contributed by atoms with Crippen LogP contribution in [0.2, 0.25) is 0 Å². The Morgan fingerprint density at radius 1 is 1.60 bits per heavy atom. The van der Waals surface area contributed by atoms with Gasteiger partial charge in [-0.25, -0.2) is 0 Å². The molecule has 0 radical (unpaired) electrons. The minimum atomic E-state index is 0.553. The highest BCUT2D eigenvalue weighted by Gasteiger charge is 2.04. The standard InChI is InChI=1S/C7H10N2O/c1-5-3-9(8)7(4-10)6(5)2/h3-4H,8H2,1-2H3. The molecule has 0 aliphatic rings. The van der Waals surface area contributed by atoms with Crippen LogP contribution in [-0.2, 0) is 0 Å². The number of hydrogen-bond donors (Lipinski definition) is 1. The summed E-state index contributed by atoms with van der Waals surface area (Å²) in [6.45, 7) is 3.80. The monoisotopic (exact) mass is 138 g/mol. The SMILES string of the molecule is Cc1cn(N)c(C=O)c1C. The molecule has 1 aromatic heterocycles. The first-order valence-corrected chi connectivity index (χ1v) is 3.05. The van der Waals surface area contributed by atoms with Crippen molar-refractivity contribution in [2.75, 3.05) is 5.84 Å². The molecular formula is C7H10N2O. The summed E-state index contributed by atoms with van der Waals surface area (Å²) in [6.07, 6.45) is 2.50. The van der Waals surface area contributed by atoms with E-state index in [4.69, 9.17) is 5.84 Å². The van der Waals surface area contributed by atoms with Crippen molar-refractivity contribution >= 4 is 6.29 Å². The van der Waals surface area contributed by atoms with Gasteiger partial charge in [0.25, 0.3) is 0 Å². The number of carbonyl (C=O) groups is 1. The summed E-state index contributed by atoms with van der Waals surface area (Å²) in [7, 11) is 0. The van der Waals surface area contributed by atoms with Gasteiger partial charge in [-0.1, -0.05) is 0 Å². The van der Waals surface area contributed by atoms with Gasteiger partial charge in [-0.05, 0) is 25.0 Å². The minimum absolute atomic E-state index is 0.553. The smallest absolute Gasteiger partial charge is 0.168 e. The lowest BCUT2D eigenvalue weighted by Gasteiger charge is -1.92. The third-order valence-electron chi connectivity index (χ3n) is 1.70. The molecule has 0 atom stereocenters. The first kappa shape index (κ1) is 6.86. The number of nitrogens with zero attached hydrogens (tertiary/aromatic N) is 1. The Balaban J connectivity index is 3.33. The second kappa shape index (κ2) is 2.17. The molecule has 0 saturated carbocycles. The van der Waals surface area contributed by atoms with Crippen molar-refractivity contribution in [1.29, 1.82) is 0 Å². The molecule has 1 rings (SSSR count). The van der Waals surface area contributed by atoms with Gasteiger partial charge < -0.3 is 5.84 Å². The molecule has 0 aliphatic carbocycles. The molecule has 0 aromatic carbocycles. The van der Waals surface area contributed by atoms with E-state index in [1.807, 2.05) is 13.8 Å². The lowest BCUT2D eigenvalue weighted by molar-refractivity contribution is 0.111. The fourth-order valence-corrected chi connectivity index (χ4v) is 0.920. The molecule has 0 unspecified atom stereocenters. The molecule has 1 heterocycles. The summed E-state index contributed by atoms with van der Waals surface area (Å²) in [5.41, 5.74) is 2.56. The van der Waals surface area contributed by atoms with Crippen LogP contribution in [0.1, 0.15) is 21.6 Å². The normalized spacial score (nSPS) is 9.80. The van der Waals surface area contributed by atoms with Gasteiger partial charge in [0.1, 0.15) is 5.69 Å². The summed E-state index contributed by atoms with van der Waals surface area (Å²) in [5, 5.41) is 0. The van der Waals surface area contributed by atoms with E-state index in [9.17, 15) is 4.79 Å². The van der Waals surface area contributed by atoms with E-state index in [-0.39, 0.29) is 0 Å². The first-order valence-electron chi connectivity index (χ1n) is 3.05. The maximum absolute atomic E-state index is 10.4. The molecule has 10 heavy (non-hydrogen) atoms. The summed E-state index contributed by atoms with van der Waals surface area (Å²) in [6, 6.07) is 0. The Kier molecular flexibility index (Phi) is 1.49. The Morgan fingerprint density at radius 2 is 2.20 bits per heavy atom. The number of hydrogen-bond acceptors (Lipinski definition) is 2. The number of nitrogens with two attached hydrogens (primary N) is 1. The van der Waals surface area contributed by atoms with Gasteiger partial charge >= 0.3 is 0 Å². The Morgan fingerprint density at radius 3 is 2.40 bits per heavy atom. The van der Waals surface area contributed by atoms with Crippen LogP contribution < -0.4 is 5.84 Å². The van der Waals surface area contributed by atoms with Gasteiger partial charge in [0.2, 0.25) is 0 Å². The van der Waals surface area contributed by atoms with E-state index in [0.717, 1.165) is 17.4 Å². The van der Waals surface area contributed by atoms with Gasteiger partial charge in [0.15, 0.2) is 6.29 Å². The highest BCUT2D eigenvalue weighted by atomic mass is 16.1. The second-order valence-corrected chi connectivity index (χ2v) is 2.35. The molecular weight excluding hydrogens is 128 g/mol. The van der Waals surface area contributed by atoms with Crippen molar-refractivity contribution in [1.82, 2.24) is 4.68 Å². The van der Waals surface area contributed by atoms with Crippen LogP contribution in [0.15, 0.2) is 6.20 Å². The number of aromatic nitrogens is 1. The highest BCUT2D eigenvalue weighted by Crippen LogP contribution is 2.10. The molecule has 0 spiro atoms. The number of aldehydes is 1. The number of rotatable bonds is 1. The van der Waals surface area contributed by atoms with Gasteiger partial charge in [0.05, 0.1) is 0 Å². The minimum Gasteiger partial charge on any atom is -0.339 e. The molecule has 0 aliphatic heterocycles. The van der Waals surface area contributed by atoms with Crippen molar-refractivity contribution < 1.29 is 4.79 Å². The largest absolute Gasteiger partial charge is 0.339 e. The molecule has 54 valence electrons. The summed E-state index contributed by atoms with van der Waals surface area (Å²) < 4.78 is 1.34. The zero-order valence-corrected chi connectivity index (χ0v) is 6.09. The Hall–Kier alpha value is -1.25. The van der Waals surface area contributed by atoms with Crippen LogP contribution in [0.25, 0.3) is 0 Å². The van der Waals surface area contributed by atoms with Crippen LogP contribution in [0.3, 0.4) is 0 Å². The second-order valence-electron chi connectivity index (χ2n) is 2.35. The summed E-state index contributed by atoms with van der Waals surface area (Å²) >= 11 is 0. The first-order chi connectivity index (χ1) is 4.66. The van der Waals surface area contributed by atoms with Gasteiger partial charge in [-0.2, -0.15) is 0 Å². The van der Waals surface area contributed by atoms with E-state index >= 15 is 0 Å². The lowest BCUT2D eigenvalue weighted by atomic mass is 10.2. The van der Waals surface area contributed by atoms with Crippen molar-refractivity contribution in [3.05, 3.63) is 23.0 Å². The fourth-order valence-electron chi connectivity index (χ4n) is 0.920. The van der Waals surface area contributed by atoms with Crippen LogP contribution in [0.5, 0.6) is 0 Å². The quantitative estimate of drug-likeness (QED) is 0.457. The van der Waals surface area contributed by atoms with Gasteiger partial charge in [-0.15, -0.1) is 0 Å². The average molecular weight is 138 g/mol. The zero-order valence-electron chi connectivity index (χ0n) is 6.09. The Bertz CT molecular complexity index is 263. The molecule has 3 heteroatoms. The molecule has 0 fully saturated rings. The maximum Gasteiger partial charge on any atom is 0.168 e. The number of aryl methyl sites for hydroxylation is 1. The van der Waals surface area contributed by atoms with Crippen LogP contribution in [0.4, 0.5) is 0 Å². The van der Waals surface area contributed by atoms with E-state index in [1.54, 1.807) is 6.20 Å². The van der Waals surface area contributed by atoms with Crippen LogP contribution in [0, 0.1) is 13.8 Å². The zero-order chi connectivity index (χ0) is 7.72. The summed E-state index contributed by atoms with van der Waals surface area (Å²) in [5.74, 6) is 5.44. The third kappa shape index (κ3) is 0.795. The van der Waals surface area contributed by atoms with Crippen molar-refractivity contribution in [2.24, 2.45) is 0 Å². The van der Waals surface area contributed by atoms with Crippen molar-refractivity contribution in [3.63, 3.8) is 0 Å². The van der Waals surface area contributed by atoms with E-state index in [2.05, 4.69) is 0 Å². The predicted octanol–water partition coefficient (Wildman–Crippen LogP) is 0.631.